The van der Waals surface area contributed by atoms with Gasteiger partial charge in [-0.15, -0.1) is 0 Å². The van der Waals surface area contributed by atoms with Crippen LogP contribution in [0, 0.1) is 11.7 Å². The van der Waals surface area contributed by atoms with E-state index in [1.807, 2.05) is 81.4 Å². The Labute approximate surface area is 254 Å². The number of carbonyl (C=O) groups excluding carboxylic acids is 1. The first-order valence-electron chi connectivity index (χ1n) is 14.5. The molecule has 0 atom stereocenters. The second-order valence-corrected chi connectivity index (χ2v) is 11.6. The van der Waals surface area contributed by atoms with Crippen LogP contribution in [0.25, 0.3) is 55.7 Å². The molecule has 44 heavy (non-hydrogen) atoms. The van der Waals surface area contributed by atoms with Gasteiger partial charge in [0.25, 0.3) is 0 Å². The topological polar surface area (TPSA) is 112 Å². The maximum atomic E-state index is 14.7. The molecule has 3 N–H and O–H groups in total. The number of halogens is 1. The highest BCUT2D eigenvalue weighted by atomic mass is 19.1. The summed E-state index contributed by atoms with van der Waals surface area (Å²) in [6, 6.07) is 18.4. The van der Waals surface area contributed by atoms with Crippen molar-refractivity contribution >= 4 is 33.5 Å². The number of likely N-dealkylation sites (N-methyl/N-ethyl adjacent to an activating group) is 1. The summed E-state index contributed by atoms with van der Waals surface area (Å²) in [4.78, 5) is 27.0. The fraction of sp³-hybridized carbons (Fsp3) is 0.235. The minimum atomic E-state index is -0.358. The Bertz CT molecular complexity index is 1960. The monoisotopic (exact) mass is 591 g/mol. The fourth-order valence-electron chi connectivity index (χ4n) is 5.16. The molecule has 10 heteroatoms. The first-order valence-corrected chi connectivity index (χ1v) is 14.5. The molecule has 9 nitrogen and oxygen atoms in total. The van der Waals surface area contributed by atoms with E-state index in [1.165, 1.54) is 12.1 Å². The smallest absolute Gasteiger partial charge is 0.224 e. The number of H-pyrrole nitrogens is 2. The van der Waals surface area contributed by atoms with Crippen molar-refractivity contribution in [3.05, 3.63) is 78.9 Å². The Balaban J connectivity index is 1.33. The van der Waals surface area contributed by atoms with Crippen molar-refractivity contribution < 1.29 is 13.9 Å². The molecule has 6 aromatic rings. The molecule has 0 fully saturated rings. The maximum absolute atomic E-state index is 14.7. The van der Waals surface area contributed by atoms with Gasteiger partial charge in [0.2, 0.25) is 5.91 Å². The van der Waals surface area contributed by atoms with Crippen LogP contribution in [0.4, 0.5) is 10.1 Å². The number of hydrogen-bond donors (Lipinski definition) is 3. The summed E-state index contributed by atoms with van der Waals surface area (Å²) in [7, 11) is 3.93. The zero-order valence-electron chi connectivity index (χ0n) is 25.1. The summed E-state index contributed by atoms with van der Waals surface area (Å²) >= 11 is 0. The second kappa shape index (κ2) is 12.3. The fourth-order valence-corrected chi connectivity index (χ4v) is 5.16. The average molecular weight is 592 g/mol. The van der Waals surface area contributed by atoms with E-state index < -0.39 is 0 Å². The molecule has 0 unspecified atom stereocenters. The number of benzene rings is 2. The molecule has 2 aromatic carbocycles. The Morgan fingerprint density at radius 1 is 1.02 bits per heavy atom. The summed E-state index contributed by atoms with van der Waals surface area (Å²) in [6.07, 6.45) is 3.78. The first-order chi connectivity index (χ1) is 21.2. The lowest BCUT2D eigenvalue weighted by molar-refractivity contribution is -0.116. The van der Waals surface area contributed by atoms with Crippen LogP contribution in [0.1, 0.15) is 20.3 Å². The first kappa shape index (κ1) is 29.0. The average Bonchev–Trinajstić information content (AvgIpc) is 3.60. The van der Waals surface area contributed by atoms with Gasteiger partial charge in [-0.25, -0.2) is 9.37 Å². The van der Waals surface area contributed by atoms with Crippen molar-refractivity contribution in [1.29, 1.82) is 0 Å². The zero-order valence-corrected chi connectivity index (χ0v) is 25.1. The van der Waals surface area contributed by atoms with Crippen molar-refractivity contribution in [2.24, 2.45) is 5.92 Å². The molecule has 4 aromatic heterocycles. The number of hydrogen-bond acceptors (Lipinski definition) is 6. The number of rotatable bonds is 10. The number of pyridine rings is 2. The molecule has 0 aliphatic rings. The highest BCUT2D eigenvalue weighted by Gasteiger charge is 2.17. The lowest BCUT2D eigenvalue weighted by Crippen LogP contribution is -2.19. The van der Waals surface area contributed by atoms with Gasteiger partial charge in [-0.1, -0.05) is 26.0 Å². The van der Waals surface area contributed by atoms with Gasteiger partial charge >= 0.3 is 0 Å². The van der Waals surface area contributed by atoms with E-state index >= 15 is 0 Å². The van der Waals surface area contributed by atoms with Gasteiger partial charge in [0.05, 0.1) is 28.8 Å². The number of aromatic amines is 2. The predicted molar refractivity (Wildman–Crippen MR) is 172 cm³/mol. The summed E-state index contributed by atoms with van der Waals surface area (Å²) in [5, 5.41) is 11.5. The molecule has 0 spiro atoms. The summed E-state index contributed by atoms with van der Waals surface area (Å²) < 4.78 is 20.5. The van der Waals surface area contributed by atoms with Gasteiger partial charge in [-0.3, -0.25) is 14.9 Å². The molecular formula is C34H34FN7O2. The van der Waals surface area contributed by atoms with Gasteiger partial charge < -0.3 is 19.9 Å². The standard InChI is InChI=1S/C34H34FN7O2/c1-20(2)12-32(43)37-24-14-22(18-36-19-24)28-8-9-30-33(39-28)34(41-40-30)31-17-27-26(6-5-7-29(27)38-31)21-13-23(35)16-25(15-21)44-11-10-42(3)4/h5-9,13-20,38H,10-12H2,1-4H3,(H,37,43)(H,40,41). The molecule has 0 radical (unpaired) electrons. The Kier molecular flexibility index (Phi) is 8.08. The van der Waals surface area contributed by atoms with E-state index in [9.17, 15) is 9.18 Å². The van der Waals surface area contributed by atoms with Crippen LogP contribution < -0.4 is 10.1 Å². The van der Waals surface area contributed by atoms with E-state index in [4.69, 9.17) is 9.72 Å². The number of amides is 1. The van der Waals surface area contributed by atoms with E-state index in [0.717, 1.165) is 45.3 Å². The van der Waals surface area contributed by atoms with E-state index in [0.29, 0.717) is 41.4 Å². The Hall–Kier alpha value is -5.09. The van der Waals surface area contributed by atoms with E-state index in [2.05, 4.69) is 25.5 Å². The van der Waals surface area contributed by atoms with Gasteiger partial charge in [0, 0.05) is 41.7 Å². The summed E-state index contributed by atoms with van der Waals surface area (Å²) in [5.41, 5.74) is 7.47. The van der Waals surface area contributed by atoms with Crippen LogP contribution in [0.5, 0.6) is 5.75 Å². The Morgan fingerprint density at radius 3 is 2.70 bits per heavy atom. The molecular weight excluding hydrogens is 557 g/mol. The van der Waals surface area contributed by atoms with E-state index in [1.54, 1.807) is 12.4 Å². The zero-order chi connectivity index (χ0) is 30.8. The quantitative estimate of drug-likeness (QED) is 0.160. The molecule has 0 saturated carbocycles. The maximum Gasteiger partial charge on any atom is 0.224 e. The van der Waals surface area contributed by atoms with Gasteiger partial charge in [-0.2, -0.15) is 5.10 Å². The Morgan fingerprint density at radius 2 is 1.89 bits per heavy atom. The van der Waals surface area contributed by atoms with Crippen molar-refractivity contribution in [1.82, 2.24) is 30.0 Å². The van der Waals surface area contributed by atoms with Crippen molar-refractivity contribution in [3.8, 4) is 39.5 Å². The number of aromatic nitrogens is 5. The third kappa shape index (κ3) is 6.30. The molecule has 0 saturated heterocycles. The third-order valence-corrected chi connectivity index (χ3v) is 7.23. The van der Waals surface area contributed by atoms with Crippen molar-refractivity contribution in [2.45, 2.75) is 20.3 Å². The number of anilines is 1. The van der Waals surface area contributed by atoms with Crippen LogP contribution >= 0.6 is 0 Å². The van der Waals surface area contributed by atoms with Crippen LogP contribution in [0.3, 0.4) is 0 Å². The van der Waals surface area contributed by atoms with Crippen LogP contribution in [0.2, 0.25) is 0 Å². The number of carbonyl (C=O) groups is 1. The highest BCUT2D eigenvalue weighted by molar-refractivity contribution is 6.00. The number of ether oxygens (including phenoxy) is 1. The van der Waals surface area contributed by atoms with Gasteiger partial charge in [0.1, 0.15) is 29.4 Å². The van der Waals surface area contributed by atoms with Gasteiger partial charge in [-0.05, 0) is 73.6 Å². The minimum absolute atomic E-state index is 0.0519. The minimum Gasteiger partial charge on any atom is -0.492 e. The highest BCUT2D eigenvalue weighted by Crippen LogP contribution is 2.36. The largest absolute Gasteiger partial charge is 0.492 e. The summed E-state index contributed by atoms with van der Waals surface area (Å²) in [6.45, 7) is 5.20. The SMILES string of the molecule is CC(C)CC(=O)Nc1cncc(-c2ccc3[nH]nc(-c4cc5c(-c6cc(F)cc(OCCN(C)C)c6)cccc5[nH]4)c3n2)c1. The number of fused-ring (bicyclic) bond motifs is 2. The molecule has 6 rings (SSSR count). The number of nitrogens with zero attached hydrogens (tertiary/aromatic N) is 4. The van der Waals surface area contributed by atoms with Crippen molar-refractivity contribution in [3.63, 3.8) is 0 Å². The molecule has 1 amide bonds. The van der Waals surface area contributed by atoms with Crippen LogP contribution in [-0.2, 0) is 4.79 Å². The van der Waals surface area contributed by atoms with Crippen molar-refractivity contribution in [2.75, 3.05) is 32.6 Å². The molecule has 0 bridgehead atoms. The third-order valence-electron chi connectivity index (χ3n) is 7.23. The second-order valence-electron chi connectivity index (χ2n) is 11.6. The molecule has 0 aliphatic heterocycles. The molecule has 224 valence electrons. The van der Waals surface area contributed by atoms with Crippen LogP contribution in [-0.4, -0.2) is 63.2 Å². The van der Waals surface area contributed by atoms with Crippen LogP contribution in [0.15, 0.2) is 73.1 Å². The lowest BCUT2D eigenvalue weighted by atomic mass is 10.0. The van der Waals surface area contributed by atoms with E-state index in [-0.39, 0.29) is 17.6 Å². The molecule has 4 heterocycles. The molecule has 0 aliphatic carbocycles. The number of nitrogens with one attached hydrogen (secondary N) is 3. The predicted octanol–water partition coefficient (Wildman–Crippen LogP) is 6.90. The summed E-state index contributed by atoms with van der Waals surface area (Å²) in [5.74, 6) is 0.337. The lowest BCUT2D eigenvalue weighted by Gasteiger charge is -2.12. The van der Waals surface area contributed by atoms with Gasteiger partial charge in [0.15, 0.2) is 0 Å². The normalized spacial score (nSPS) is 11.6.